The van der Waals surface area contributed by atoms with Crippen LogP contribution in [0.3, 0.4) is 0 Å². The summed E-state index contributed by atoms with van der Waals surface area (Å²) in [5, 5.41) is 5.52. The van der Waals surface area contributed by atoms with E-state index in [1.165, 1.54) is 19.2 Å². The van der Waals surface area contributed by atoms with Crippen molar-refractivity contribution in [1.29, 1.82) is 0 Å². The summed E-state index contributed by atoms with van der Waals surface area (Å²) in [6, 6.07) is 4.23. The first kappa shape index (κ1) is 16.3. The van der Waals surface area contributed by atoms with Gasteiger partial charge < -0.3 is 15.4 Å². The Bertz CT molecular complexity index is 577. The Morgan fingerprint density at radius 2 is 2.23 bits per heavy atom. The molecule has 1 atom stereocenters. The molecule has 1 unspecified atom stereocenters. The Labute approximate surface area is 129 Å². The molecule has 0 bridgehead atoms. The van der Waals surface area contributed by atoms with E-state index in [4.69, 9.17) is 4.74 Å². The molecule has 1 aliphatic rings. The Morgan fingerprint density at radius 3 is 2.86 bits per heavy atom. The second kappa shape index (κ2) is 6.77. The van der Waals surface area contributed by atoms with Gasteiger partial charge in [-0.05, 0) is 31.4 Å². The molecule has 2 N–H and O–H groups in total. The summed E-state index contributed by atoms with van der Waals surface area (Å²) in [4.78, 5) is 24.4. The number of ether oxygens (including phenoxy) is 1. The molecule has 1 aromatic carbocycles. The standard InChI is InChI=1S/C16H21FN2O3/c1-3-16(9-5-4-6-14(20)19-16)15(21)18-11-7-8-13(22-2)12(17)10-11/h7-8,10H,3-6,9H2,1-2H3,(H,18,21)(H,19,20). The summed E-state index contributed by atoms with van der Waals surface area (Å²) in [6.45, 7) is 1.86. The van der Waals surface area contributed by atoms with Gasteiger partial charge in [-0.3, -0.25) is 9.59 Å². The van der Waals surface area contributed by atoms with Crippen LogP contribution in [-0.4, -0.2) is 24.5 Å². The van der Waals surface area contributed by atoms with Crippen LogP contribution >= 0.6 is 0 Å². The maximum Gasteiger partial charge on any atom is 0.250 e. The molecule has 1 saturated heterocycles. The summed E-state index contributed by atoms with van der Waals surface area (Å²) >= 11 is 0. The van der Waals surface area contributed by atoms with Gasteiger partial charge in [-0.25, -0.2) is 4.39 Å². The van der Waals surface area contributed by atoms with Gasteiger partial charge in [0.05, 0.1) is 7.11 Å². The molecule has 1 aliphatic heterocycles. The molecule has 6 heteroatoms. The minimum absolute atomic E-state index is 0.115. The SMILES string of the molecule is CCC1(C(=O)Nc2ccc(OC)c(F)c2)CCCCC(=O)N1. The van der Waals surface area contributed by atoms with Gasteiger partial charge in [0, 0.05) is 18.2 Å². The zero-order valence-electron chi connectivity index (χ0n) is 12.9. The molecule has 120 valence electrons. The van der Waals surface area contributed by atoms with Gasteiger partial charge in [0.1, 0.15) is 5.54 Å². The Kier molecular flexibility index (Phi) is 5.00. The average Bonchev–Trinajstić information content (AvgIpc) is 2.69. The number of benzene rings is 1. The number of carbonyl (C=O) groups excluding carboxylic acids is 2. The molecular formula is C16H21FN2O3. The van der Waals surface area contributed by atoms with Crippen molar-refractivity contribution in [2.45, 2.75) is 44.6 Å². The van der Waals surface area contributed by atoms with Crippen molar-refractivity contribution in [3.05, 3.63) is 24.0 Å². The topological polar surface area (TPSA) is 67.4 Å². The van der Waals surface area contributed by atoms with Gasteiger partial charge in [0.2, 0.25) is 11.8 Å². The fraction of sp³-hybridized carbons (Fsp3) is 0.500. The lowest BCUT2D eigenvalue weighted by atomic mass is 9.89. The summed E-state index contributed by atoms with van der Waals surface area (Å²) < 4.78 is 18.5. The fourth-order valence-electron chi connectivity index (χ4n) is 2.70. The zero-order valence-corrected chi connectivity index (χ0v) is 12.9. The molecule has 1 aromatic rings. The Morgan fingerprint density at radius 1 is 1.45 bits per heavy atom. The lowest BCUT2D eigenvalue weighted by Crippen LogP contribution is -2.55. The molecule has 0 spiro atoms. The Hall–Kier alpha value is -2.11. The molecule has 0 radical (unpaired) electrons. The largest absolute Gasteiger partial charge is 0.494 e. The number of nitrogens with one attached hydrogen (secondary N) is 2. The van der Waals surface area contributed by atoms with E-state index in [0.29, 0.717) is 24.9 Å². The van der Waals surface area contributed by atoms with Crippen LogP contribution in [0.1, 0.15) is 39.0 Å². The van der Waals surface area contributed by atoms with Crippen LogP contribution in [0.25, 0.3) is 0 Å². The van der Waals surface area contributed by atoms with Crippen LogP contribution in [0.5, 0.6) is 5.75 Å². The minimum atomic E-state index is -0.927. The number of methoxy groups -OCH3 is 1. The number of anilines is 1. The van der Waals surface area contributed by atoms with Gasteiger partial charge in [-0.15, -0.1) is 0 Å². The van der Waals surface area contributed by atoms with Crippen molar-refractivity contribution in [2.75, 3.05) is 12.4 Å². The highest BCUT2D eigenvalue weighted by atomic mass is 19.1. The number of amides is 2. The van der Waals surface area contributed by atoms with Crippen LogP contribution in [0.15, 0.2) is 18.2 Å². The first-order valence-corrected chi connectivity index (χ1v) is 7.47. The number of rotatable bonds is 4. The third-order valence-corrected chi connectivity index (χ3v) is 4.08. The van der Waals surface area contributed by atoms with Crippen LogP contribution in [0.2, 0.25) is 0 Å². The maximum absolute atomic E-state index is 13.7. The molecule has 1 heterocycles. The molecule has 22 heavy (non-hydrogen) atoms. The van der Waals surface area contributed by atoms with Gasteiger partial charge in [-0.1, -0.05) is 13.3 Å². The maximum atomic E-state index is 13.7. The van der Waals surface area contributed by atoms with E-state index in [2.05, 4.69) is 10.6 Å². The molecule has 2 rings (SSSR count). The van der Waals surface area contributed by atoms with Crippen LogP contribution in [0.4, 0.5) is 10.1 Å². The van der Waals surface area contributed by atoms with E-state index in [1.54, 1.807) is 6.07 Å². The lowest BCUT2D eigenvalue weighted by molar-refractivity contribution is -0.130. The molecule has 2 amide bonds. The number of hydrogen-bond acceptors (Lipinski definition) is 3. The summed E-state index contributed by atoms with van der Waals surface area (Å²) in [5.41, 5.74) is -0.584. The number of hydrogen-bond donors (Lipinski definition) is 2. The molecular weight excluding hydrogens is 287 g/mol. The summed E-state index contributed by atoms with van der Waals surface area (Å²) in [5.74, 6) is -0.855. The smallest absolute Gasteiger partial charge is 0.250 e. The van der Waals surface area contributed by atoms with E-state index in [9.17, 15) is 14.0 Å². The summed E-state index contributed by atoms with van der Waals surface area (Å²) in [6.07, 6.45) is 3.09. The van der Waals surface area contributed by atoms with Crippen molar-refractivity contribution in [2.24, 2.45) is 0 Å². The molecule has 1 fully saturated rings. The highest BCUT2D eigenvalue weighted by molar-refractivity contribution is 6.00. The van der Waals surface area contributed by atoms with Crippen molar-refractivity contribution >= 4 is 17.5 Å². The highest BCUT2D eigenvalue weighted by Gasteiger charge is 2.39. The van der Waals surface area contributed by atoms with E-state index in [0.717, 1.165) is 12.8 Å². The van der Waals surface area contributed by atoms with Crippen LogP contribution in [-0.2, 0) is 9.59 Å². The normalized spacial score (nSPS) is 21.7. The first-order valence-electron chi connectivity index (χ1n) is 7.47. The molecule has 0 aromatic heterocycles. The van der Waals surface area contributed by atoms with Gasteiger partial charge in [0.25, 0.3) is 0 Å². The fourth-order valence-corrected chi connectivity index (χ4v) is 2.70. The number of halogens is 1. The van der Waals surface area contributed by atoms with E-state index in [1.807, 2.05) is 6.92 Å². The van der Waals surface area contributed by atoms with Crippen molar-refractivity contribution in [1.82, 2.24) is 5.32 Å². The summed E-state index contributed by atoms with van der Waals surface area (Å²) in [7, 11) is 1.38. The van der Waals surface area contributed by atoms with Crippen molar-refractivity contribution in [3.8, 4) is 5.75 Å². The third kappa shape index (κ3) is 3.37. The van der Waals surface area contributed by atoms with E-state index < -0.39 is 11.4 Å². The zero-order chi connectivity index (χ0) is 16.2. The van der Waals surface area contributed by atoms with E-state index in [-0.39, 0.29) is 17.6 Å². The van der Waals surface area contributed by atoms with Gasteiger partial charge >= 0.3 is 0 Å². The third-order valence-electron chi connectivity index (χ3n) is 4.08. The van der Waals surface area contributed by atoms with Crippen molar-refractivity contribution in [3.63, 3.8) is 0 Å². The van der Waals surface area contributed by atoms with Crippen molar-refractivity contribution < 1.29 is 18.7 Å². The first-order chi connectivity index (χ1) is 10.5. The van der Waals surface area contributed by atoms with Gasteiger partial charge in [0.15, 0.2) is 11.6 Å². The average molecular weight is 308 g/mol. The van der Waals surface area contributed by atoms with E-state index >= 15 is 0 Å². The predicted molar refractivity (Wildman–Crippen MR) is 81.2 cm³/mol. The molecule has 5 nitrogen and oxygen atoms in total. The molecule has 0 aliphatic carbocycles. The lowest BCUT2D eigenvalue weighted by Gasteiger charge is -2.31. The highest BCUT2D eigenvalue weighted by Crippen LogP contribution is 2.26. The Balaban J connectivity index is 2.18. The van der Waals surface area contributed by atoms with Crippen LogP contribution in [0, 0.1) is 5.82 Å². The second-order valence-electron chi connectivity index (χ2n) is 5.49. The monoisotopic (exact) mass is 308 g/mol. The quantitative estimate of drug-likeness (QED) is 0.898. The predicted octanol–water partition coefficient (Wildman–Crippen LogP) is 2.61. The molecule has 0 saturated carbocycles. The minimum Gasteiger partial charge on any atom is -0.494 e. The number of carbonyl (C=O) groups is 2. The van der Waals surface area contributed by atoms with Gasteiger partial charge in [-0.2, -0.15) is 0 Å². The second-order valence-corrected chi connectivity index (χ2v) is 5.49. The van der Waals surface area contributed by atoms with Crippen LogP contribution < -0.4 is 15.4 Å².